The van der Waals surface area contributed by atoms with Gasteiger partial charge in [-0.15, -0.1) is 0 Å². The molecule has 7 rings (SSSR count). The number of piperidine rings is 1. The molecule has 0 unspecified atom stereocenters. The monoisotopic (exact) mass is 611 g/mol. The van der Waals surface area contributed by atoms with Crippen molar-refractivity contribution in [3.8, 4) is 23.0 Å². The van der Waals surface area contributed by atoms with Crippen LogP contribution < -0.4 is 9.64 Å². The number of aromatic nitrogens is 3. The first-order chi connectivity index (χ1) is 21.2. The second-order valence-electron chi connectivity index (χ2n) is 12.2. The van der Waals surface area contributed by atoms with E-state index in [0.717, 1.165) is 19.4 Å². The second-order valence-corrected chi connectivity index (χ2v) is 12.2. The minimum atomic E-state index is -1.40. The number of aliphatic hydroxyl groups excluding tert-OH is 1. The number of aryl methyl sites for hydroxylation is 1. The van der Waals surface area contributed by atoms with E-state index in [4.69, 9.17) is 4.74 Å². The van der Waals surface area contributed by atoms with Gasteiger partial charge in [0, 0.05) is 37.8 Å². The Hall–Kier alpha value is -3.77. The zero-order valence-electron chi connectivity index (χ0n) is 24.2. The molecule has 4 aromatic rings. The Morgan fingerprint density at radius 3 is 2.75 bits per heavy atom. The highest BCUT2D eigenvalue weighted by molar-refractivity contribution is 6.01. The first-order valence-corrected chi connectivity index (χ1v) is 15.1. The van der Waals surface area contributed by atoms with Gasteiger partial charge in [0.1, 0.15) is 53.6 Å². The SMILES string of the molecule is CCc1c(F)ccc2cc(O)cc(-c3ncc4c(N5CC[C@H](F)[C@@H](O)C5)nc(OC[C@@]56CCCN5C[C@H](F)C6)nc4c3F)c12. The van der Waals surface area contributed by atoms with E-state index in [9.17, 15) is 23.4 Å². The van der Waals surface area contributed by atoms with Crippen LogP contribution in [0.15, 0.2) is 30.5 Å². The fourth-order valence-corrected chi connectivity index (χ4v) is 7.29. The molecular formula is C32H33F4N5O3. The van der Waals surface area contributed by atoms with E-state index in [0.29, 0.717) is 35.7 Å². The van der Waals surface area contributed by atoms with Gasteiger partial charge >= 0.3 is 6.01 Å². The molecule has 232 valence electrons. The van der Waals surface area contributed by atoms with Gasteiger partial charge < -0.3 is 19.8 Å². The van der Waals surface area contributed by atoms with Crippen LogP contribution in [-0.4, -0.2) is 86.8 Å². The zero-order valence-corrected chi connectivity index (χ0v) is 24.2. The Labute approximate surface area is 251 Å². The quantitative estimate of drug-likeness (QED) is 0.286. The van der Waals surface area contributed by atoms with Gasteiger partial charge in [0.25, 0.3) is 0 Å². The number of anilines is 1. The Kier molecular flexibility index (Phi) is 7.24. The Bertz CT molecular complexity index is 1760. The lowest BCUT2D eigenvalue weighted by Gasteiger charge is -2.34. The fraction of sp³-hybridized carbons (Fsp3) is 0.469. The number of nitrogens with zero attached hydrogens (tertiary/aromatic N) is 5. The molecular weight excluding hydrogens is 578 g/mol. The molecule has 5 heterocycles. The van der Waals surface area contributed by atoms with Gasteiger partial charge in [-0.1, -0.05) is 13.0 Å². The van der Waals surface area contributed by atoms with Crippen LogP contribution in [0.5, 0.6) is 11.8 Å². The second kappa shape index (κ2) is 11.0. The van der Waals surface area contributed by atoms with Crippen LogP contribution in [0.25, 0.3) is 32.9 Å². The van der Waals surface area contributed by atoms with Crippen LogP contribution in [-0.2, 0) is 6.42 Å². The van der Waals surface area contributed by atoms with Gasteiger partial charge in [-0.05, 0) is 66.8 Å². The zero-order chi connectivity index (χ0) is 30.7. The number of fused-ring (bicyclic) bond motifs is 3. The highest BCUT2D eigenvalue weighted by Crippen LogP contribution is 2.42. The lowest BCUT2D eigenvalue weighted by atomic mass is 9.94. The summed E-state index contributed by atoms with van der Waals surface area (Å²) in [5, 5.41) is 22.0. The molecule has 0 bridgehead atoms. The summed E-state index contributed by atoms with van der Waals surface area (Å²) in [6, 6.07) is 5.53. The van der Waals surface area contributed by atoms with Gasteiger partial charge in [0.15, 0.2) is 5.82 Å². The Balaban J connectivity index is 1.37. The van der Waals surface area contributed by atoms with Crippen molar-refractivity contribution in [1.29, 1.82) is 0 Å². The highest BCUT2D eigenvalue weighted by Gasteiger charge is 2.49. The maximum atomic E-state index is 16.7. The number of ether oxygens (including phenoxy) is 1. The van der Waals surface area contributed by atoms with Crippen LogP contribution in [0.1, 0.15) is 38.2 Å². The summed E-state index contributed by atoms with van der Waals surface area (Å²) in [6.07, 6.45) is 0.145. The third kappa shape index (κ3) is 4.79. The molecule has 4 atom stereocenters. The molecule has 2 aromatic heterocycles. The number of hydrogen-bond acceptors (Lipinski definition) is 8. The third-order valence-electron chi connectivity index (χ3n) is 9.44. The van der Waals surface area contributed by atoms with E-state index < -0.39 is 35.6 Å². The number of phenols is 1. The molecule has 44 heavy (non-hydrogen) atoms. The predicted octanol–water partition coefficient (Wildman–Crippen LogP) is 5.26. The lowest BCUT2D eigenvalue weighted by Crippen LogP contribution is -2.45. The van der Waals surface area contributed by atoms with Crippen molar-refractivity contribution in [2.75, 3.05) is 37.7 Å². The summed E-state index contributed by atoms with van der Waals surface area (Å²) in [6.45, 7) is 3.15. The molecule has 8 nitrogen and oxygen atoms in total. The molecule has 0 radical (unpaired) electrons. The molecule has 2 aromatic carbocycles. The molecule has 0 saturated carbocycles. The first-order valence-electron chi connectivity index (χ1n) is 15.1. The summed E-state index contributed by atoms with van der Waals surface area (Å²) >= 11 is 0. The predicted molar refractivity (Wildman–Crippen MR) is 158 cm³/mol. The summed E-state index contributed by atoms with van der Waals surface area (Å²) in [5.74, 6) is -1.20. The highest BCUT2D eigenvalue weighted by atomic mass is 19.1. The van der Waals surface area contributed by atoms with E-state index in [2.05, 4.69) is 19.9 Å². The van der Waals surface area contributed by atoms with Crippen LogP contribution in [0, 0.1) is 11.6 Å². The van der Waals surface area contributed by atoms with E-state index in [-0.39, 0.29) is 65.9 Å². The molecule has 0 aliphatic carbocycles. The maximum Gasteiger partial charge on any atom is 0.319 e. The summed E-state index contributed by atoms with van der Waals surface area (Å²) in [7, 11) is 0. The molecule has 0 amide bonds. The average Bonchev–Trinajstić information content (AvgIpc) is 3.53. The van der Waals surface area contributed by atoms with Crippen LogP contribution in [0.2, 0.25) is 0 Å². The average molecular weight is 612 g/mol. The molecule has 3 aliphatic rings. The number of pyridine rings is 1. The van der Waals surface area contributed by atoms with Crippen molar-refractivity contribution in [3.63, 3.8) is 0 Å². The number of phenolic OH excluding ortho intramolecular Hbond substituents is 1. The normalized spacial score (nSPS) is 25.7. The third-order valence-corrected chi connectivity index (χ3v) is 9.44. The van der Waals surface area contributed by atoms with E-state index in [1.54, 1.807) is 11.8 Å². The number of aliphatic hydroxyl groups is 1. The largest absolute Gasteiger partial charge is 0.508 e. The van der Waals surface area contributed by atoms with E-state index in [1.807, 2.05) is 0 Å². The molecule has 3 fully saturated rings. The topological polar surface area (TPSA) is 94.8 Å². The van der Waals surface area contributed by atoms with Gasteiger partial charge in [0.2, 0.25) is 0 Å². The van der Waals surface area contributed by atoms with Crippen LogP contribution >= 0.6 is 0 Å². The van der Waals surface area contributed by atoms with Gasteiger partial charge in [-0.2, -0.15) is 9.97 Å². The number of halogens is 4. The van der Waals surface area contributed by atoms with E-state index in [1.165, 1.54) is 30.5 Å². The van der Waals surface area contributed by atoms with Crippen molar-refractivity contribution in [1.82, 2.24) is 19.9 Å². The smallest absolute Gasteiger partial charge is 0.319 e. The number of alkyl halides is 2. The molecule has 3 aliphatic heterocycles. The number of rotatable bonds is 6. The number of hydrogen-bond donors (Lipinski definition) is 2. The fourth-order valence-electron chi connectivity index (χ4n) is 7.29. The van der Waals surface area contributed by atoms with Gasteiger partial charge in [0.05, 0.1) is 10.9 Å². The van der Waals surface area contributed by atoms with Gasteiger partial charge in [-0.25, -0.2) is 17.6 Å². The molecule has 2 N–H and O–H groups in total. The van der Waals surface area contributed by atoms with Crippen molar-refractivity contribution >= 4 is 27.5 Å². The van der Waals surface area contributed by atoms with Crippen molar-refractivity contribution in [2.45, 2.75) is 63.0 Å². The molecule has 3 saturated heterocycles. The van der Waals surface area contributed by atoms with Crippen molar-refractivity contribution in [2.24, 2.45) is 0 Å². The van der Waals surface area contributed by atoms with E-state index >= 15 is 4.39 Å². The minimum absolute atomic E-state index is 0.0491. The maximum absolute atomic E-state index is 16.7. The van der Waals surface area contributed by atoms with Crippen LogP contribution in [0.3, 0.4) is 0 Å². The van der Waals surface area contributed by atoms with Crippen molar-refractivity contribution in [3.05, 3.63) is 47.7 Å². The van der Waals surface area contributed by atoms with Crippen LogP contribution in [0.4, 0.5) is 23.4 Å². The lowest BCUT2D eigenvalue weighted by molar-refractivity contribution is 0.0642. The number of β-amino-alcohol motifs (C(OH)–C–C–N with tert-alkyl or cyclic N) is 1. The minimum Gasteiger partial charge on any atom is -0.508 e. The molecule has 0 spiro atoms. The summed E-state index contributed by atoms with van der Waals surface area (Å²) in [4.78, 5) is 17.2. The van der Waals surface area contributed by atoms with Crippen molar-refractivity contribution < 1.29 is 32.5 Å². The molecule has 12 heteroatoms. The Morgan fingerprint density at radius 2 is 1.95 bits per heavy atom. The Morgan fingerprint density at radius 1 is 1.11 bits per heavy atom. The first kappa shape index (κ1) is 29.0. The summed E-state index contributed by atoms with van der Waals surface area (Å²) in [5.41, 5.74) is -0.212. The number of aromatic hydroxyl groups is 1. The van der Waals surface area contributed by atoms with Gasteiger partial charge in [-0.3, -0.25) is 9.88 Å². The standard InChI is InChI=1S/C32H33F4N5O3/c1-2-20-23(34)5-4-17-10-19(42)11-21(26(17)20)28-27(36)29-22(13-37-28)30(40-9-6-24(35)25(43)15-40)39-31(38-29)44-16-32-7-3-8-41(32)14-18(33)12-32/h4-5,10-11,13,18,24-25,42-43H,2-3,6-9,12,14-16H2,1H3/t18-,24+,25+,32+/m1/s1. The summed E-state index contributed by atoms with van der Waals surface area (Å²) < 4.78 is 66.2. The number of benzene rings is 2.